The Morgan fingerprint density at radius 1 is 1.38 bits per heavy atom. The molecule has 0 fully saturated rings. The summed E-state index contributed by atoms with van der Waals surface area (Å²) in [5.41, 5.74) is 1.07. The molecule has 0 saturated heterocycles. The van der Waals surface area contributed by atoms with Crippen molar-refractivity contribution in [3.8, 4) is 5.75 Å². The zero-order valence-corrected chi connectivity index (χ0v) is 9.23. The third-order valence-electron chi connectivity index (χ3n) is 2.02. The van der Waals surface area contributed by atoms with Crippen molar-refractivity contribution in [2.75, 3.05) is 6.54 Å². The van der Waals surface area contributed by atoms with Gasteiger partial charge in [-0.25, -0.2) is 4.79 Å². The lowest BCUT2D eigenvalue weighted by Crippen LogP contribution is -2.33. The van der Waals surface area contributed by atoms with Crippen LogP contribution in [-0.2, 0) is 6.42 Å². The van der Waals surface area contributed by atoms with Gasteiger partial charge in [-0.05, 0) is 31.0 Å². The van der Waals surface area contributed by atoms with Crippen LogP contribution in [0.3, 0.4) is 0 Å². The highest BCUT2D eigenvalue weighted by atomic mass is 16.3. The van der Waals surface area contributed by atoms with Gasteiger partial charge in [-0.1, -0.05) is 18.2 Å². The second kappa shape index (κ2) is 6.50. The number of urea groups is 1. The van der Waals surface area contributed by atoms with Crippen molar-refractivity contribution in [2.45, 2.75) is 13.3 Å². The van der Waals surface area contributed by atoms with Crippen LogP contribution in [0.1, 0.15) is 12.5 Å². The Labute approximate surface area is 95.0 Å². The van der Waals surface area contributed by atoms with Crippen LogP contribution >= 0.6 is 0 Å². The van der Waals surface area contributed by atoms with Gasteiger partial charge >= 0.3 is 6.03 Å². The summed E-state index contributed by atoms with van der Waals surface area (Å²) >= 11 is 0. The Hall–Kier alpha value is -1.97. The lowest BCUT2D eigenvalue weighted by molar-refractivity contribution is 0.244. The van der Waals surface area contributed by atoms with Crippen LogP contribution < -0.4 is 10.6 Å². The smallest absolute Gasteiger partial charge is 0.318 e. The van der Waals surface area contributed by atoms with Gasteiger partial charge in [0, 0.05) is 12.7 Å². The van der Waals surface area contributed by atoms with E-state index in [9.17, 15) is 4.79 Å². The molecule has 1 aromatic carbocycles. The molecule has 16 heavy (non-hydrogen) atoms. The first-order valence-corrected chi connectivity index (χ1v) is 5.16. The van der Waals surface area contributed by atoms with E-state index in [2.05, 4.69) is 10.6 Å². The summed E-state index contributed by atoms with van der Waals surface area (Å²) in [5, 5.41) is 14.4. The molecular formula is C12H16N2O2. The van der Waals surface area contributed by atoms with E-state index in [0.29, 0.717) is 6.54 Å². The predicted octanol–water partition coefficient (Wildman–Crippen LogP) is 1.77. The van der Waals surface area contributed by atoms with Crippen molar-refractivity contribution >= 4 is 6.03 Å². The zero-order valence-electron chi connectivity index (χ0n) is 9.23. The molecular weight excluding hydrogens is 204 g/mol. The molecule has 86 valence electrons. The van der Waals surface area contributed by atoms with E-state index in [-0.39, 0.29) is 11.8 Å². The first-order chi connectivity index (χ1) is 7.72. The summed E-state index contributed by atoms with van der Waals surface area (Å²) in [4.78, 5) is 11.1. The minimum Gasteiger partial charge on any atom is -0.508 e. The Morgan fingerprint density at radius 3 is 2.69 bits per heavy atom. The number of phenolic OH excluding ortho intramolecular Hbond substituents is 1. The van der Waals surface area contributed by atoms with Gasteiger partial charge in [-0.3, -0.25) is 0 Å². The number of hydrogen-bond donors (Lipinski definition) is 3. The van der Waals surface area contributed by atoms with Crippen LogP contribution in [0.2, 0.25) is 0 Å². The van der Waals surface area contributed by atoms with Crippen molar-refractivity contribution in [3.05, 3.63) is 42.1 Å². The van der Waals surface area contributed by atoms with Crippen LogP contribution in [0.4, 0.5) is 4.79 Å². The number of amides is 2. The van der Waals surface area contributed by atoms with Crippen molar-refractivity contribution in [3.63, 3.8) is 0 Å². The highest BCUT2D eigenvalue weighted by Gasteiger charge is 1.97. The molecule has 2 amide bonds. The molecule has 0 saturated carbocycles. The standard InChI is InChI=1S/C12H16N2O2/c1-2-8-13-12(16)14-9-7-10-3-5-11(15)6-4-10/h2-6,8,15H,7,9H2,1H3,(H2,13,14,16)/b8-2+. The first kappa shape index (κ1) is 12.1. The zero-order chi connectivity index (χ0) is 11.8. The fourth-order valence-electron chi connectivity index (χ4n) is 1.19. The van der Waals surface area contributed by atoms with E-state index >= 15 is 0 Å². The number of carbonyl (C=O) groups excluding carboxylic acids is 1. The number of nitrogens with one attached hydrogen (secondary N) is 2. The van der Waals surface area contributed by atoms with E-state index in [1.54, 1.807) is 24.4 Å². The van der Waals surface area contributed by atoms with E-state index in [1.807, 2.05) is 19.1 Å². The molecule has 0 aliphatic heterocycles. The molecule has 4 heteroatoms. The minimum absolute atomic E-state index is 0.211. The Balaban J connectivity index is 2.25. The number of aromatic hydroxyl groups is 1. The van der Waals surface area contributed by atoms with E-state index < -0.39 is 0 Å². The molecule has 0 bridgehead atoms. The summed E-state index contributed by atoms with van der Waals surface area (Å²) in [7, 11) is 0. The molecule has 0 aliphatic carbocycles. The van der Waals surface area contributed by atoms with Gasteiger partial charge < -0.3 is 15.7 Å². The van der Waals surface area contributed by atoms with Crippen LogP contribution in [-0.4, -0.2) is 17.7 Å². The molecule has 4 nitrogen and oxygen atoms in total. The largest absolute Gasteiger partial charge is 0.508 e. The van der Waals surface area contributed by atoms with Crippen LogP contribution in [0.5, 0.6) is 5.75 Å². The lowest BCUT2D eigenvalue weighted by Gasteiger charge is -2.04. The number of allylic oxidation sites excluding steroid dienone is 1. The van der Waals surface area contributed by atoms with E-state index in [1.165, 1.54) is 0 Å². The average Bonchev–Trinajstić information content (AvgIpc) is 2.29. The van der Waals surface area contributed by atoms with Crippen LogP contribution in [0.15, 0.2) is 36.5 Å². The van der Waals surface area contributed by atoms with Gasteiger partial charge in [0.05, 0.1) is 0 Å². The summed E-state index contributed by atoms with van der Waals surface area (Å²) < 4.78 is 0. The SMILES string of the molecule is C/C=C/NC(=O)NCCc1ccc(O)cc1. The third-order valence-corrected chi connectivity index (χ3v) is 2.02. The number of benzene rings is 1. The van der Waals surface area contributed by atoms with Crippen molar-refractivity contribution in [2.24, 2.45) is 0 Å². The van der Waals surface area contributed by atoms with Crippen LogP contribution in [0.25, 0.3) is 0 Å². The first-order valence-electron chi connectivity index (χ1n) is 5.16. The lowest BCUT2D eigenvalue weighted by atomic mass is 10.1. The highest BCUT2D eigenvalue weighted by molar-refractivity contribution is 5.74. The van der Waals surface area contributed by atoms with Gasteiger partial charge in [-0.2, -0.15) is 0 Å². The number of rotatable bonds is 4. The molecule has 0 spiro atoms. The molecule has 0 atom stereocenters. The second-order valence-electron chi connectivity index (χ2n) is 3.32. The molecule has 0 aliphatic rings. The number of carbonyl (C=O) groups is 1. The fourth-order valence-corrected chi connectivity index (χ4v) is 1.19. The van der Waals surface area contributed by atoms with Crippen LogP contribution in [0, 0.1) is 0 Å². The predicted molar refractivity (Wildman–Crippen MR) is 63.2 cm³/mol. The topological polar surface area (TPSA) is 61.4 Å². The minimum atomic E-state index is -0.211. The van der Waals surface area contributed by atoms with Crippen molar-refractivity contribution < 1.29 is 9.90 Å². The van der Waals surface area contributed by atoms with Crippen molar-refractivity contribution in [1.29, 1.82) is 0 Å². The molecule has 0 radical (unpaired) electrons. The highest BCUT2D eigenvalue weighted by Crippen LogP contribution is 2.09. The average molecular weight is 220 g/mol. The third kappa shape index (κ3) is 4.50. The molecule has 1 aromatic rings. The molecule has 3 N–H and O–H groups in total. The maximum atomic E-state index is 11.1. The maximum Gasteiger partial charge on any atom is 0.318 e. The molecule has 0 unspecified atom stereocenters. The van der Waals surface area contributed by atoms with E-state index in [0.717, 1.165) is 12.0 Å². The summed E-state index contributed by atoms with van der Waals surface area (Å²) in [5.74, 6) is 0.252. The maximum absolute atomic E-state index is 11.1. The van der Waals surface area contributed by atoms with Crippen molar-refractivity contribution in [1.82, 2.24) is 10.6 Å². The summed E-state index contributed by atoms with van der Waals surface area (Å²) in [6.45, 7) is 2.39. The quantitative estimate of drug-likeness (QED) is 0.724. The van der Waals surface area contributed by atoms with Gasteiger partial charge in [0.1, 0.15) is 5.75 Å². The molecule has 1 rings (SSSR count). The van der Waals surface area contributed by atoms with Gasteiger partial charge in [0.15, 0.2) is 0 Å². The molecule has 0 aromatic heterocycles. The normalized spacial score (nSPS) is 10.3. The monoisotopic (exact) mass is 220 g/mol. The Morgan fingerprint density at radius 2 is 2.06 bits per heavy atom. The summed E-state index contributed by atoms with van der Waals surface area (Å²) in [6.07, 6.45) is 4.07. The van der Waals surface area contributed by atoms with Gasteiger partial charge in [-0.15, -0.1) is 0 Å². The Bertz CT molecular complexity index is 358. The number of phenols is 1. The molecule has 0 heterocycles. The summed E-state index contributed by atoms with van der Waals surface area (Å²) in [6, 6.07) is 6.73. The van der Waals surface area contributed by atoms with Gasteiger partial charge in [0.2, 0.25) is 0 Å². The fraction of sp³-hybridized carbons (Fsp3) is 0.250. The number of hydrogen-bond acceptors (Lipinski definition) is 2. The van der Waals surface area contributed by atoms with E-state index in [4.69, 9.17) is 5.11 Å². The van der Waals surface area contributed by atoms with Gasteiger partial charge in [0.25, 0.3) is 0 Å². The Kier molecular flexibility index (Phi) is 4.92. The second-order valence-corrected chi connectivity index (χ2v) is 3.32.